The summed E-state index contributed by atoms with van der Waals surface area (Å²) in [5, 5.41) is 3.02. The van der Waals surface area contributed by atoms with Gasteiger partial charge in [0.05, 0.1) is 7.11 Å². The third kappa shape index (κ3) is 2.92. The van der Waals surface area contributed by atoms with Crippen molar-refractivity contribution < 1.29 is 9.53 Å². The van der Waals surface area contributed by atoms with Crippen molar-refractivity contribution in [2.75, 3.05) is 19.0 Å². The Hall–Kier alpha value is -1.71. The Labute approximate surface area is 132 Å². The van der Waals surface area contributed by atoms with E-state index in [4.69, 9.17) is 4.74 Å². The topological polar surface area (TPSA) is 41.6 Å². The van der Waals surface area contributed by atoms with Gasteiger partial charge in [-0.25, -0.2) is 4.79 Å². The first-order valence-electron chi connectivity index (χ1n) is 8.02. The standard InChI is InChI=1S/C18H26N2O2/c1-17(2)9-14-10-18(3,11-17)12-20(14)16(21)19-13-6-5-7-15(8-13)22-4/h5-8,14H,9-12H2,1-4H3,(H,19,21). The lowest BCUT2D eigenvalue weighted by molar-refractivity contribution is 0.130. The molecular formula is C18H26N2O2. The Morgan fingerprint density at radius 3 is 2.82 bits per heavy atom. The third-order valence-corrected chi connectivity index (χ3v) is 5.00. The van der Waals surface area contributed by atoms with Crippen molar-refractivity contribution in [2.45, 2.75) is 46.1 Å². The highest BCUT2D eigenvalue weighted by molar-refractivity contribution is 5.90. The van der Waals surface area contributed by atoms with E-state index in [2.05, 4.69) is 26.1 Å². The lowest BCUT2D eigenvalue weighted by Crippen LogP contribution is -2.40. The Morgan fingerprint density at radius 2 is 2.09 bits per heavy atom. The lowest BCUT2D eigenvalue weighted by Gasteiger charge is -2.39. The highest BCUT2D eigenvalue weighted by atomic mass is 16.5. The van der Waals surface area contributed by atoms with Crippen LogP contribution in [0.3, 0.4) is 0 Å². The molecule has 120 valence electrons. The summed E-state index contributed by atoms with van der Waals surface area (Å²) < 4.78 is 5.21. The molecule has 1 heterocycles. The molecular weight excluding hydrogens is 276 g/mol. The van der Waals surface area contributed by atoms with Gasteiger partial charge >= 0.3 is 6.03 Å². The SMILES string of the molecule is COc1cccc(NC(=O)N2CC3(C)CC2CC(C)(C)C3)c1. The average molecular weight is 302 g/mol. The van der Waals surface area contributed by atoms with Crippen LogP contribution in [0.25, 0.3) is 0 Å². The van der Waals surface area contributed by atoms with Crippen LogP contribution >= 0.6 is 0 Å². The summed E-state index contributed by atoms with van der Waals surface area (Å²) in [6.45, 7) is 7.82. The molecule has 3 rings (SSSR count). The predicted molar refractivity (Wildman–Crippen MR) is 88.2 cm³/mol. The van der Waals surface area contributed by atoms with E-state index >= 15 is 0 Å². The molecule has 1 aromatic carbocycles. The number of hydrogen-bond donors (Lipinski definition) is 1. The Balaban J connectivity index is 1.73. The molecule has 1 saturated heterocycles. The molecule has 2 amide bonds. The fraction of sp³-hybridized carbons (Fsp3) is 0.611. The van der Waals surface area contributed by atoms with Gasteiger partial charge in [0.15, 0.2) is 0 Å². The zero-order chi connectivity index (χ0) is 16.0. The van der Waals surface area contributed by atoms with Crippen molar-refractivity contribution in [3.63, 3.8) is 0 Å². The van der Waals surface area contributed by atoms with Gasteiger partial charge in [0.1, 0.15) is 5.75 Å². The van der Waals surface area contributed by atoms with Gasteiger partial charge in [-0.2, -0.15) is 0 Å². The molecule has 2 unspecified atom stereocenters. The van der Waals surface area contributed by atoms with E-state index in [1.807, 2.05) is 29.2 Å². The molecule has 0 radical (unpaired) electrons. The molecule has 4 heteroatoms. The molecule has 2 fully saturated rings. The second-order valence-electron chi connectivity index (χ2n) is 8.00. The number of carbonyl (C=O) groups is 1. The van der Waals surface area contributed by atoms with E-state index in [0.29, 0.717) is 11.5 Å². The molecule has 0 aromatic heterocycles. The van der Waals surface area contributed by atoms with Crippen molar-refractivity contribution in [1.82, 2.24) is 4.90 Å². The molecule has 2 aliphatic rings. The quantitative estimate of drug-likeness (QED) is 0.892. The Kier molecular flexibility index (Phi) is 3.58. The highest BCUT2D eigenvalue weighted by Crippen LogP contribution is 2.52. The van der Waals surface area contributed by atoms with Crippen molar-refractivity contribution in [3.05, 3.63) is 24.3 Å². The smallest absolute Gasteiger partial charge is 0.322 e. The average Bonchev–Trinajstić information content (AvgIpc) is 2.68. The molecule has 1 aliphatic carbocycles. The second kappa shape index (κ2) is 5.18. The van der Waals surface area contributed by atoms with Crippen LogP contribution in [0.2, 0.25) is 0 Å². The maximum Gasteiger partial charge on any atom is 0.322 e. The van der Waals surface area contributed by atoms with E-state index in [0.717, 1.165) is 30.8 Å². The van der Waals surface area contributed by atoms with Gasteiger partial charge in [0.2, 0.25) is 0 Å². The van der Waals surface area contributed by atoms with Crippen LogP contribution in [0.5, 0.6) is 5.75 Å². The van der Waals surface area contributed by atoms with Gasteiger partial charge in [-0.3, -0.25) is 0 Å². The van der Waals surface area contributed by atoms with Gasteiger partial charge in [0, 0.05) is 24.3 Å². The number of rotatable bonds is 2. The number of amides is 2. The zero-order valence-corrected chi connectivity index (χ0v) is 14.0. The monoisotopic (exact) mass is 302 g/mol. The number of carbonyl (C=O) groups excluding carboxylic acids is 1. The molecule has 1 aromatic rings. The summed E-state index contributed by atoms with van der Waals surface area (Å²) in [6.07, 6.45) is 3.41. The van der Waals surface area contributed by atoms with Crippen LogP contribution < -0.4 is 10.1 Å². The van der Waals surface area contributed by atoms with Crippen molar-refractivity contribution in [3.8, 4) is 5.75 Å². The predicted octanol–water partition coefficient (Wildman–Crippen LogP) is 4.13. The zero-order valence-electron chi connectivity index (χ0n) is 14.0. The van der Waals surface area contributed by atoms with E-state index < -0.39 is 0 Å². The number of nitrogens with one attached hydrogen (secondary N) is 1. The minimum Gasteiger partial charge on any atom is -0.497 e. The van der Waals surface area contributed by atoms with Gasteiger partial charge < -0.3 is 15.0 Å². The highest BCUT2D eigenvalue weighted by Gasteiger charge is 2.50. The van der Waals surface area contributed by atoms with Crippen LogP contribution in [0.4, 0.5) is 10.5 Å². The molecule has 2 bridgehead atoms. The minimum atomic E-state index is 0.0136. The minimum absolute atomic E-state index is 0.0136. The number of nitrogens with zero attached hydrogens (tertiary/aromatic N) is 1. The van der Waals surface area contributed by atoms with Crippen LogP contribution in [-0.2, 0) is 0 Å². The summed E-state index contributed by atoms with van der Waals surface area (Å²) in [7, 11) is 1.63. The Morgan fingerprint density at radius 1 is 1.32 bits per heavy atom. The maximum atomic E-state index is 12.7. The van der Waals surface area contributed by atoms with Crippen LogP contribution in [0, 0.1) is 10.8 Å². The summed E-state index contributed by atoms with van der Waals surface area (Å²) in [4.78, 5) is 14.7. The fourth-order valence-electron chi connectivity index (χ4n) is 4.59. The number of hydrogen-bond acceptors (Lipinski definition) is 2. The summed E-state index contributed by atoms with van der Waals surface area (Å²) in [5.74, 6) is 0.756. The maximum absolute atomic E-state index is 12.7. The first-order chi connectivity index (χ1) is 10.3. The fourth-order valence-corrected chi connectivity index (χ4v) is 4.59. The molecule has 1 saturated carbocycles. The van der Waals surface area contributed by atoms with Gasteiger partial charge in [0.25, 0.3) is 0 Å². The van der Waals surface area contributed by atoms with E-state index in [1.54, 1.807) is 7.11 Å². The number of methoxy groups -OCH3 is 1. The Bertz CT molecular complexity index is 584. The number of fused-ring (bicyclic) bond motifs is 2. The third-order valence-electron chi connectivity index (χ3n) is 5.00. The number of benzene rings is 1. The van der Waals surface area contributed by atoms with E-state index in [1.165, 1.54) is 6.42 Å². The summed E-state index contributed by atoms with van der Waals surface area (Å²) in [6, 6.07) is 7.89. The van der Waals surface area contributed by atoms with E-state index in [-0.39, 0.29) is 11.4 Å². The van der Waals surface area contributed by atoms with Crippen molar-refractivity contribution in [2.24, 2.45) is 10.8 Å². The number of likely N-dealkylation sites (tertiary alicyclic amines) is 1. The first-order valence-corrected chi connectivity index (χ1v) is 8.02. The van der Waals surface area contributed by atoms with Gasteiger partial charge in [-0.1, -0.05) is 26.8 Å². The molecule has 22 heavy (non-hydrogen) atoms. The number of anilines is 1. The molecule has 2 atom stereocenters. The van der Waals surface area contributed by atoms with Gasteiger partial charge in [-0.15, -0.1) is 0 Å². The molecule has 1 N–H and O–H groups in total. The van der Waals surface area contributed by atoms with Gasteiger partial charge in [-0.05, 0) is 42.2 Å². The molecule has 1 aliphatic heterocycles. The summed E-state index contributed by atoms with van der Waals surface area (Å²) in [5.41, 5.74) is 1.37. The normalized spacial score (nSPS) is 29.3. The first kappa shape index (κ1) is 15.2. The van der Waals surface area contributed by atoms with E-state index in [9.17, 15) is 4.79 Å². The van der Waals surface area contributed by atoms with Crippen molar-refractivity contribution >= 4 is 11.7 Å². The molecule has 4 nitrogen and oxygen atoms in total. The van der Waals surface area contributed by atoms with Crippen LogP contribution in [0.1, 0.15) is 40.0 Å². The van der Waals surface area contributed by atoms with Crippen LogP contribution in [0.15, 0.2) is 24.3 Å². The number of ether oxygens (including phenoxy) is 1. The van der Waals surface area contributed by atoms with Crippen LogP contribution in [-0.4, -0.2) is 30.6 Å². The lowest BCUT2D eigenvalue weighted by atomic mass is 9.65. The second-order valence-corrected chi connectivity index (χ2v) is 8.00. The molecule has 0 spiro atoms. The van der Waals surface area contributed by atoms with Crippen molar-refractivity contribution in [1.29, 1.82) is 0 Å². The number of urea groups is 1. The summed E-state index contributed by atoms with van der Waals surface area (Å²) >= 11 is 0. The largest absolute Gasteiger partial charge is 0.497 e.